The van der Waals surface area contributed by atoms with Gasteiger partial charge in [0.1, 0.15) is 11.5 Å². The van der Waals surface area contributed by atoms with E-state index < -0.39 is 5.97 Å². The first-order valence-corrected chi connectivity index (χ1v) is 12.1. The number of amides is 1. The highest BCUT2D eigenvalue weighted by Gasteiger charge is 2.10. The predicted molar refractivity (Wildman–Crippen MR) is 141 cm³/mol. The van der Waals surface area contributed by atoms with Gasteiger partial charge in [0.2, 0.25) is 5.91 Å². The number of hydrogen-bond donors (Lipinski definition) is 1. The molecule has 0 heterocycles. The smallest absolute Gasteiger partial charge is 0.328 e. The summed E-state index contributed by atoms with van der Waals surface area (Å²) in [5, 5.41) is 8.66. The van der Waals surface area contributed by atoms with Crippen LogP contribution in [0.5, 0.6) is 11.5 Å². The number of unbranched alkanes of at least 4 members (excludes halogenated alkanes) is 1. The minimum atomic E-state index is -0.971. The average Bonchev–Trinajstić information content (AvgIpc) is 2.90. The summed E-state index contributed by atoms with van der Waals surface area (Å²) < 4.78 is 11.5. The Morgan fingerprint density at radius 1 is 0.806 bits per heavy atom. The van der Waals surface area contributed by atoms with E-state index in [1.807, 2.05) is 73.8 Å². The molecule has 1 N–H and O–H groups in total. The van der Waals surface area contributed by atoms with Gasteiger partial charge in [0.25, 0.3) is 0 Å². The fourth-order valence-electron chi connectivity index (χ4n) is 3.51. The Morgan fingerprint density at radius 2 is 1.39 bits per heavy atom. The van der Waals surface area contributed by atoms with Gasteiger partial charge in [-0.2, -0.15) is 0 Å². The van der Waals surface area contributed by atoms with E-state index in [1.165, 1.54) is 5.56 Å². The Bertz CT molecular complexity index is 1110. The normalized spacial score (nSPS) is 10.8. The lowest BCUT2D eigenvalue weighted by Crippen LogP contribution is -2.30. The van der Waals surface area contributed by atoms with E-state index in [-0.39, 0.29) is 5.91 Å². The van der Waals surface area contributed by atoms with Crippen LogP contribution in [0, 0.1) is 0 Å². The van der Waals surface area contributed by atoms with Crippen LogP contribution in [0.3, 0.4) is 0 Å². The maximum Gasteiger partial charge on any atom is 0.328 e. The van der Waals surface area contributed by atoms with Crippen molar-refractivity contribution in [3.8, 4) is 11.5 Å². The van der Waals surface area contributed by atoms with Crippen LogP contribution in [0.15, 0.2) is 84.9 Å². The standard InChI is InChI=1S/C30H33NO5/c1-31(20-19-24-7-3-2-4-8-24)29(32)23-26-11-16-28(17-12-26)36-22-6-5-21-35-27-14-9-25(10-15-27)13-18-30(33)34/h2-4,7-18H,5-6,19-23H2,1H3,(H,33,34)/b18-13+. The van der Waals surface area contributed by atoms with Crippen molar-refractivity contribution in [3.63, 3.8) is 0 Å². The third kappa shape index (κ3) is 9.66. The largest absolute Gasteiger partial charge is 0.494 e. The van der Waals surface area contributed by atoms with Crippen LogP contribution in [-0.4, -0.2) is 48.7 Å². The topological polar surface area (TPSA) is 76.1 Å². The van der Waals surface area contributed by atoms with Gasteiger partial charge in [0.15, 0.2) is 0 Å². The van der Waals surface area contributed by atoms with Crippen molar-refractivity contribution >= 4 is 18.0 Å². The van der Waals surface area contributed by atoms with Crippen molar-refractivity contribution in [2.45, 2.75) is 25.7 Å². The van der Waals surface area contributed by atoms with Crippen LogP contribution in [0.1, 0.15) is 29.5 Å². The number of carboxylic acid groups (broad SMARTS) is 1. The number of likely N-dealkylation sites (N-methyl/N-ethyl adjacent to an activating group) is 1. The van der Waals surface area contributed by atoms with Crippen LogP contribution in [-0.2, 0) is 22.4 Å². The number of aliphatic carboxylic acids is 1. The molecular weight excluding hydrogens is 454 g/mol. The van der Waals surface area contributed by atoms with Crippen molar-refractivity contribution < 1.29 is 24.2 Å². The molecule has 0 radical (unpaired) electrons. The third-order valence-corrected chi connectivity index (χ3v) is 5.66. The summed E-state index contributed by atoms with van der Waals surface area (Å²) in [4.78, 5) is 24.9. The van der Waals surface area contributed by atoms with Crippen LogP contribution in [0.25, 0.3) is 6.08 Å². The van der Waals surface area contributed by atoms with Crippen LogP contribution in [0.2, 0.25) is 0 Å². The Balaban J connectivity index is 1.29. The molecule has 0 spiro atoms. The number of ether oxygens (including phenoxy) is 2. The molecule has 36 heavy (non-hydrogen) atoms. The van der Waals surface area contributed by atoms with Gasteiger partial charge in [-0.15, -0.1) is 0 Å². The van der Waals surface area contributed by atoms with Gasteiger partial charge in [0.05, 0.1) is 19.6 Å². The van der Waals surface area contributed by atoms with Crippen molar-refractivity contribution in [3.05, 3.63) is 102 Å². The van der Waals surface area contributed by atoms with E-state index in [0.717, 1.165) is 48.0 Å². The molecule has 188 valence electrons. The highest BCUT2D eigenvalue weighted by Crippen LogP contribution is 2.15. The number of rotatable bonds is 14. The first-order valence-electron chi connectivity index (χ1n) is 12.1. The molecule has 0 saturated carbocycles. The lowest BCUT2D eigenvalue weighted by Gasteiger charge is -2.17. The van der Waals surface area contributed by atoms with E-state index in [1.54, 1.807) is 11.0 Å². The maximum atomic E-state index is 12.5. The zero-order chi connectivity index (χ0) is 25.6. The van der Waals surface area contributed by atoms with Crippen molar-refractivity contribution in [2.24, 2.45) is 0 Å². The van der Waals surface area contributed by atoms with Crippen molar-refractivity contribution in [1.82, 2.24) is 4.90 Å². The van der Waals surface area contributed by atoms with E-state index in [9.17, 15) is 9.59 Å². The van der Waals surface area contributed by atoms with Gasteiger partial charge in [-0.1, -0.05) is 54.6 Å². The maximum absolute atomic E-state index is 12.5. The molecule has 0 aromatic heterocycles. The highest BCUT2D eigenvalue weighted by molar-refractivity contribution is 5.85. The molecule has 0 aliphatic rings. The Hall–Kier alpha value is -4.06. The SMILES string of the molecule is CN(CCc1ccccc1)C(=O)Cc1ccc(OCCCCOc2ccc(/C=C/C(=O)O)cc2)cc1. The van der Waals surface area contributed by atoms with Gasteiger partial charge in [-0.3, -0.25) is 4.79 Å². The van der Waals surface area contributed by atoms with Gasteiger partial charge in [0, 0.05) is 19.7 Å². The minimum Gasteiger partial charge on any atom is -0.494 e. The lowest BCUT2D eigenvalue weighted by molar-refractivity contribution is -0.131. The molecule has 3 aromatic carbocycles. The van der Waals surface area contributed by atoms with Crippen LogP contribution >= 0.6 is 0 Å². The summed E-state index contributed by atoms with van der Waals surface area (Å²) in [5.74, 6) is 0.668. The fraction of sp³-hybridized carbons (Fsp3) is 0.267. The Labute approximate surface area is 212 Å². The minimum absolute atomic E-state index is 0.103. The molecule has 6 heteroatoms. The zero-order valence-corrected chi connectivity index (χ0v) is 20.6. The number of nitrogens with zero attached hydrogens (tertiary/aromatic N) is 1. The van der Waals surface area contributed by atoms with Gasteiger partial charge in [-0.25, -0.2) is 4.79 Å². The number of carbonyl (C=O) groups is 2. The molecule has 0 aliphatic carbocycles. The second-order valence-electron chi connectivity index (χ2n) is 8.52. The molecule has 0 atom stereocenters. The summed E-state index contributed by atoms with van der Waals surface area (Å²) in [6.07, 6.45) is 5.57. The molecule has 1 amide bonds. The van der Waals surface area contributed by atoms with E-state index in [4.69, 9.17) is 14.6 Å². The molecule has 0 unspecified atom stereocenters. The zero-order valence-electron chi connectivity index (χ0n) is 20.6. The predicted octanol–water partition coefficient (Wildman–Crippen LogP) is 5.27. The number of benzene rings is 3. The second kappa shape index (κ2) is 14.4. The van der Waals surface area contributed by atoms with Gasteiger partial charge < -0.3 is 19.5 Å². The summed E-state index contributed by atoms with van der Waals surface area (Å²) in [5.41, 5.74) is 3.01. The Morgan fingerprint density at radius 3 is 1.97 bits per heavy atom. The molecular formula is C30H33NO5. The van der Waals surface area contributed by atoms with Crippen LogP contribution < -0.4 is 9.47 Å². The average molecular weight is 488 g/mol. The molecule has 0 fully saturated rings. The number of carboxylic acids is 1. The molecule has 0 bridgehead atoms. The van der Waals surface area contributed by atoms with Crippen molar-refractivity contribution in [1.29, 1.82) is 0 Å². The second-order valence-corrected chi connectivity index (χ2v) is 8.52. The van der Waals surface area contributed by atoms with Crippen molar-refractivity contribution in [2.75, 3.05) is 26.8 Å². The monoisotopic (exact) mass is 487 g/mol. The number of carbonyl (C=O) groups excluding carboxylic acids is 1. The lowest BCUT2D eigenvalue weighted by atomic mass is 10.1. The van der Waals surface area contributed by atoms with Crippen LogP contribution in [0.4, 0.5) is 0 Å². The first-order chi connectivity index (χ1) is 17.5. The molecule has 3 rings (SSSR count). The molecule has 0 aliphatic heterocycles. The summed E-state index contributed by atoms with van der Waals surface area (Å²) in [6, 6.07) is 25.2. The summed E-state index contributed by atoms with van der Waals surface area (Å²) >= 11 is 0. The van der Waals surface area contributed by atoms with E-state index in [2.05, 4.69) is 12.1 Å². The summed E-state index contributed by atoms with van der Waals surface area (Å²) in [6.45, 7) is 1.86. The molecule has 6 nitrogen and oxygen atoms in total. The van der Waals surface area contributed by atoms with E-state index in [0.29, 0.717) is 26.2 Å². The van der Waals surface area contributed by atoms with Gasteiger partial charge in [-0.05, 0) is 66.3 Å². The fourth-order valence-corrected chi connectivity index (χ4v) is 3.51. The third-order valence-electron chi connectivity index (χ3n) is 5.66. The van der Waals surface area contributed by atoms with Gasteiger partial charge >= 0.3 is 5.97 Å². The number of hydrogen-bond acceptors (Lipinski definition) is 4. The first kappa shape index (κ1) is 26.5. The molecule has 3 aromatic rings. The van der Waals surface area contributed by atoms with E-state index >= 15 is 0 Å². The highest BCUT2D eigenvalue weighted by atomic mass is 16.5. The quantitative estimate of drug-likeness (QED) is 0.248. The molecule has 0 saturated heterocycles. The Kier molecular flexibility index (Phi) is 10.6. The summed E-state index contributed by atoms with van der Waals surface area (Å²) in [7, 11) is 1.85.